The minimum Gasteiger partial charge on any atom is -0.487 e. The van der Waals surface area contributed by atoms with Gasteiger partial charge in [0.25, 0.3) is 0 Å². The maximum absolute atomic E-state index is 8.93. The molecule has 0 aromatic heterocycles. The van der Waals surface area contributed by atoms with Crippen LogP contribution in [0, 0.1) is 0 Å². The molecule has 2 rings (SSSR count). The lowest BCUT2D eigenvalue weighted by Crippen LogP contribution is -2.13. The van der Waals surface area contributed by atoms with E-state index in [-0.39, 0.29) is 12.7 Å². The molecule has 4 heteroatoms. The van der Waals surface area contributed by atoms with E-state index >= 15 is 0 Å². The first-order chi connectivity index (χ1) is 9.69. The molecule has 0 saturated heterocycles. The molecule has 0 radical (unpaired) electrons. The third-order valence-corrected chi connectivity index (χ3v) is 2.98. The normalized spacial score (nSPS) is 11.9. The third-order valence-electron chi connectivity index (χ3n) is 2.74. The summed E-state index contributed by atoms with van der Waals surface area (Å²) in [6, 6.07) is 14.7. The number of aliphatic hydroxyl groups is 1. The summed E-state index contributed by atoms with van der Waals surface area (Å²) >= 11 is 6.01. The van der Waals surface area contributed by atoms with Crippen LogP contribution in [-0.4, -0.2) is 17.8 Å². The molecule has 20 heavy (non-hydrogen) atoms. The highest BCUT2D eigenvalue weighted by Crippen LogP contribution is 2.34. The molecule has 0 fully saturated rings. The van der Waals surface area contributed by atoms with E-state index in [2.05, 4.69) is 0 Å². The predicted molar refractivity (Wildman–Crippen MR) is 79.8 cm³/mol. The number of para-hydroxylation sites is 1. The Labute approximate surface area is 123 Å². The first-order valence-electron chi connectivity index (χ1n) is 6.49. The predicted octanol–water partition coefficient (Wildman–Crippen LogP) is 4.28. The second kappa shape index (κ2) is 7.17. The van der Waals surface area contributed by atoms with Gasteiger partial charge in [0.15, 0.2) is 11.5 Å². The van der Waals surface area contributed by atoms with Gasteiger partial charge in [0, 0.05) is 24.1 Å². The van der Waals surface area contributed by atoms with Gasteiger partial charge in [-0.25, -0.2) is 0 Å². The van der Waals surface area contributed by atoms with E-state index in [9.17, 15) is 0 Å². The van der Waals surface area contributed by atoms with Crippen LogP contribution in [0.15, 0.2) is 48.5 Å². The second-order valence-corrected chi connectivity index (χ2v) is 4.88. The molecule has 0 heterocycles. The van der Waals surface area contributed by atoms with Gasteiger partial charge in [-0.1, -0.05) is 29.8 Å². The van der Waals surface area contributed by atoms with Crippen LogP contribution >= 0.6 is 11.6 Å². The first kappa shape index (κ1) is 14.7. The van der Waals surface area contributed by atoms with Crippen LogP contribution in [0.3, 0.4) is 0 Å². The van der Waals surface area contributed by atoms with E-state index in [4.69, 9.17) is 26.2 Å². The molecule has 3 nitrogen and oxygen atoms in total. The zero-order chi connectivity index (χ0) is 14.4. The first-order valence-corrected chi connectivity index (χ1v) is 6.87. The molecule has 2 aromatic rings. The van der Waals surface area contributed by atoms with Gasteiger partial charge in [0.1, 0.15) is 5.75 Å². The zero-order valence-electron chi connectivity index (χ0n) is 11.3. The van der Waals surface area contributed by atoms with Crippen molar-refractivity contribution in [2.75, 3.05) is 6.61 Å². The Morgan fingerprint density at radius 3 is 2.55 bits per heavy atom. The van der Waals surface area contributed by atoms with Gasteiger partial charge in [-0.3, -0.25) is 0 Å². The van der Waals surface area contributed by atoms with Crippen LogP contribution in [0.4, 0.5) is 0 Å². The Balaban J connectivity index is 2.19. The molecule has 0 aliphatic carbocycles. The molecule has 1 atom stereocenters. The van der Waals surface area contributed by atoms with Gasteiger partial charge in [-0.05, 0) is 31.2 Å². The second-order valence-electron chi connectivity index (χ2n) is 4.45. The standard InChI is InChI=1S/C16H17ClO3/c1-12(9-10-18)19-15-8-7-13(17)11-16(15)20-14-5-3-2-4-6-14/h2-8,11-12,18H,9-10H2,1H3. The smallest absolute Gasteiger partial charge is 0.170 e. The summed E-state index contributed by atoms with van der Waals surface area (Å²) in [6.07, 6.45) is 0.465. The highest BCUT2D eigenvalue weighted by molar-refractivity contribution is 6.30. The topological polar surface area (TPSA) is 38.7 Å². The molecule has 1 unspecified atom stereocenters. The van der Waals surface area contributed by atoms with E-state index < -0.39 is 0 Å². The summed E-state index contributed by atoms with van der Waals surface area (Å²) in [5.41, 5.74) is 0. The molecule has 0 aliphatic rings. The van der Waals surface area contributed by atoms with Gasteiger partial charge < -0.3 is 14.6 Å². The average molecular weight is 293 g/mol. The fourth-order valence-electron chi connectivity index (χ4n) is 1.73. The van der Waals surface area contributed by atoms with Crippen LogP contribution in [0.5, 0.6) is 17.2 Å². The third kappa shape index (κ3) is 4.15. The van der Waals surface area contributed by atoms with E-state index in [0.29, 0.717) is 22.9 Å². The highest BCUT2D eigenvalue weighted by atomic mass is 35.5. The largest absolute Gasteiger partial charge is 0.487 e. The highest BCUT2D eigenvalue weighted by Gasteiger charge is 2.11. The van der Waals surface area contributed by atoms with Crippen molar-refractivity contribution in [1.29, 1.82) is 0 Å². The van der Waals surface area contributed by atoms with E-state index in [1.54, 1.807) is 18.2 Å². The quantitative estimate of drug-likeness (QED) is 0.863. The lowest BCUT2D eigenvalue weighted by atomic mass is 10.2. The summed E-state index contributed by atoms with van der Waals surface area (Å²) in [4.78, 5) is 0. The minimum atomic E-state index is -0.0979. The molecule has 0 amide bonds. The van der Waals surface area contributed by atoms with E-state index in [1.165, 1.54) is 0 Å². The summed E-state index contributed by atoms with van der Waals surface area (Å²) in [7, 11) is 0. The lowest BCUT2D eigenvalue weighted by Gasteiger charge is -2.17. The monoisotopic (exact) mass is 292 g/mol. The molecule has 1 N–H and O–H groups in total. The van der Waals surface area contributed by atoms with Crippen molar-refractivity contribution < 1.29 is 14.6 Å². The van der Waals surface area contributed by atoms with Crippen LogP contribution in [0.25, 0.3) is 0 Å². The Hall–Kier alpha value is -1.71. The Kier molecular flexibility index (Phi) is 5.27. The molecular formula is C16H17ClO3. The number of halogens is 1. The number of benzene rings is 2. The van der Waals surface area contributed by atoms with E-state index in [0.717, 1.165) is 5.75 Å². The Morgan fingerprint density at radius 2 is 1.85 bits per heavy atom. The summed E-state index contributed by atoms with van der Waals surface area (Å²) in [5.74, 6) is 1.89. The Bertz CT molecular complexity index is 543. The van der Waals surface area contributed by atoms with Gasteiger partial charge in [-0.15, -0.1) is 0 Å². The fourth-order valence-corrected chi connectivity index (χ4v) is 1.89. The molecule has 2 aromatic carbocycles. The average Bonchev–Trinajstić information content (AvgIpc) is 2.43. The van der Waals surface area contributed by atoms with Gasteiger partial charge in [0.2, 0.25) is 0 Å². The summed E-state index contributed by atoms with van der Waals surface area (Å²) < 4.78 is 11.6. The SMILES string of the molecule is CC(CCO)Oc1ccc(Cl)cc1Oc1ccccc1. The van der Waals surface area contributed by atoms with E-state index in [1.807, 2.05) is 37.3 Å². The number of ether oxygens (including phenoxy) is 2. The minimum absolute atomic E-state index is 0.0869. The Morgan fingerprint density at radius 1 is 1.10 bits per heavy atom. The number of rotatable bonds is 6. The fraction of sp³-hybridized carbons (Fsp3) is 0.250. The molecule has 0 aliphatic heterocycles. The van der Waals surface area contributed by atoms with Crippen LogP contribution in [0.1, 0.15) is 13.3 Å². The van der Waals surface area contributed by atoms with Gasteiger partial charge in [-0.2, -0.15) is 0 Å². The van der Waals surface area contributed by atoms with Crippen LogP contribution in [-0.2, 0) is 0 Å². The summed E-state index contributed by atoms with van der Waals surface area (Å²) in [6.45, 7) is 1.99. The zero-order valence-corrected chi connectivity index (χ0v) is 12.0. The molecule has 106 valence electrons. The van der Waals surface area contributed by atoms with Crippen LogP contribution in [0.2, 0.25) is 5.02 Å². The lowest BCUT2D eigenvalue weighted by molar-refractivity contribution is 0.165. The number of hydrogen-bond acceptors (Lipinski definition) is 3. The van der Waals surface area contributed by atoms with Crippen molar-refractivity contribution in [2.45, 2.75) is 19.4 Å². The molecular weight excluding hydrogens is 276 g/mol. The maximum Gasteiger partial charge on any atom is 0.170 e. The van der Waals surface area contributed by atoms with Crippen LogP contribution < -0.4 is 9.47 Å². The molecule has 0 spiro atoms. The van der Waals surface area contributed by atoms with Crippen molar-refractivity contribution in [3.05, 3.63) is 53.6 Å². The maximum atomic E-state index is 8.93. The van der Waals surface area contributed by atoms with Crippen molar-refractivity contribution in [3.63, 3.8) is 0 Å². The number of aliphatic hydroxyl groups excluding tert-OH is 1. The van der Waals surface area contributed by atoms with Gasteiger partial charge in [0.05, 0.1) is 6.10 Å². The molecule has 0 saturated carbocycles. The molecule has 0 bridgehead atoms. The van der Waals surface area contributed by atoms with Crippen molar-refractivity contribution >= 4 is 11.6 Å². The van der Waals surface area contributed by atoms with Gasteiger partial charge >= 0.3 is 0 Å². The van der Waals surface area contributed by atoms with Crippen molar-refractivity contribution in [1.82, 2.24) is 0 Å². The number of hydrogen-bond donors (Lipinski definition) is 1. The van der Waals surface area contributed by atoms with Crippen molar-refractivity contribution in [3.8, 4) is 17.2 Å². The summed E-state index contributed by atoms with van der Waals surface area (Å²) in [5, 5.41) is 9.51. The van der Waals surface area contributed by atoms with Crippen molar-refractivity contribution in [2.24, 2.45) is 0 Å².